The molecule has 33 heavy (non-hydrogen) atoms. The molecule has 4 rings (SSSR count). The molecule has 2 atom stereocenters. The smallest absolute Gasteiger partial charge is 0.225 e. The lowest BCUT2D eigenvalue weighted by atomic mass is 9.77. The number of hydrogen-bond acceptors (Lipinski definition) is 4. The number of tetrazole rings is 1. The maximum atomic E-state index is 16.6. The molecule has 170 valence electrons. The van der Waals surface area contributed by atoms with E-state index in [4.69, 9.17) is 0 Å². The Hall–Kier alpha value is -3.66. The van der Waals surface area contributed by atoms with Crippen LogP contribution >= 0.6 is 0 Å². The Morgan fingerprint density at radius 1 is 0.970 bits per heavy atom. The van der Waals surface area contributed by atoms with Gasteiger partial charge in [0, 0.05) is 23.3 Å². The zero-order valence-corrected chi connectivity index (χ0v) is 17.8. The van der Waals surface area contributed by atoms with Crippen LogP contribution in [-0.2, 0) is 24.9 Å². The monoisotopic (exact) mass is 458 g/mol. The van der Waals surface area contributed by atoms with Gasteiger partial charge in [0.25, 0.3) is 0 Å². The van der Waals surface area contributed by atoms with Crippen LogP contribution in [0.4, 0.5) is 17.6 Å². The van der Waals surface area contributed by atoms with E-state index >= 15 is 4.39 Å². The molecule has 2 heterocycles. The second-order valence-electron chi connectivity index (χ2n) is 7.87. The molecule has 2 unspecified atom stereocenters. The molecule has 0 spiro atoms. The van der Waals surface area contributed by atoms with Gasteiger partial charge in [0.15, 0.2) is 18.1 Å². The Morgan fingerprint density at radius 3 is 2.24 bits per heavy atom. The van der Waals surface area contributed by atoms with Crippen LogP contribution in [0, 0.1) is 17.5 Å². The lowest BCUT2D eigenvalue weighted by molar-refractivity contribution is -0.686. The highest BCUT2D eigenvalue weighted by atomic mass is 19.1. The fraction of sp³-hybridized carbons (Fsp3) is 0.217. The van der Waals surface area contributed by atoms with Gasteiger partial charge < -0.3 is 5.11 Å². The van der Waals surface area contributed by atoms with Gasteiger partial charge >= 0.3 is 0 Å². The van der Waals surface area contributed by atoms with Gasteiger partial charge in [-0.3, -0.25) is 0 Å². The van der Waals surface area contributed by atoms with Crippen molar-refractivity contribution in [1.29, 1.82) is 0 Å². The van der Waals surface area contributed by atoms with E-state index in [9.17, 15) is 18.3 Å². The van der Waals surface area contributed by atoms with Gasteiger partial charge in [-0.05, 0) is 42.0 Å². The van der Waals surface area contributed by atoms with Gasteiger partial charge in [0.05, 0.1) is 6.54 Å². The molecule has 0 bridgehead atoms. The third-order valence-corrected chi connectivity index (χ3v) is 5.71. The molecule has 0 aliphatic rings. The van der Waals surface area contributed by atoms with E-state index in [0.717, 1.165) is 30.2 Å². The quantitative estimate of drug-likeness (QED) is 0.356. The highest BCUT2D eigenvalue weighted by Gasteiger charge is 2.57. The van der Waals surface area contributed by atoms with E-state index in [0.29, 0.717) is 17.2 Å². The van der Waals surface area contributed by atoms with Gasteiger partial charge in [-0.15, -0.1) is 10.2 Å². The van der Waals surface area contributed by atoms with E-state index in [-0.39, 0.29) is 11.5 Å². The molecule has 0 amide bonds. The highest BCUT2D eigenvalue weighted by Crippen LogP contribution is 2.45. The van der Waals surface area contributed by atoms with Crippen LogP contribution in [-0.4, -0.2) is 25.3 Å². The van der Waals surface area contributed by atoms with Crippen LogP contribution < -0.4 is 4.57 Å². The van der Waals surface area contributed by atoms with Crippen molar-refractivity contribution in [2.45, 2.75) is 24.7 Å². The number of nitrogens with zero attached hydrogens (tertiary/aromatic N) is 5. The molecule has 0 radical (unpaired) electrons. The summed E-state index contributed by atoms with van der Waals surface area (Å²) in [5.41, 5.74) is -4.23. The van der Waals surface area contributed by atoms with Crippen molar-refractivity contribution >= 4 is 0 Å². The first-order valence-electron chi connectivity index (χ1n) is 9.95. The molecular formula is C23H20F4N5O+. The summed E-state index contributed by atoms with van der Waals surface area (Å²) in [7, 11) is 1.56. The minimum absolute atomic E-state index is 0.000276. The number of alkyl halides is 1. The predicted octanol–water partition coefficient (Wildman–Crippen LogP) is 3.35. The Labute approximate surface area is 186 Å². The number of benzene rings is 2. The number of rotatable bonds is 6. The van der Waals surface area contributed by atoms with Crippen molar-refractivity contribution in [3.05, 3.63) is 95.8 Å². The average Bonchev–Trinajstić information content (AvgIpc) is 3.26. The van der Waals surface area contributed by atoms with Crippen LogP contribution in [0.2, 0.25) is 0 Å². The molecule has 0 saturated heterocycles. The molecule has 6 nitrogen and oxygen atoms in total. The van der Waals surface area contributed by atoms with Crippen LogP contribution in [0.1, 0.15) is 18.2 Å². The Bertz CT molecular complexity index is 1280. The zero-order chi connectivity index (χ0) is 23.8. The van der Waals surface area contributed by atoms with Crippen molar-refractivity contribution in [3.8, 4) is 11.1 Å². The van der Waals surface area contributed by atoms with Gasteiger partial charge in [0.1, 0.15) is 24.5 Å². The fourth-order valence-electron chi connectivity index (χ4n) is 3.90. The average molecular weight is 458 g/mol. The number of aryl methyl sites for hydroxylation is 1. The minimum Gasteiger partial charge on any atom is -0.379 e. The third kappa shape index (κ3) is 4.09. The maximum Gasteiger partial charge on any atom is 0.225 e. The SMILES string of the molecule is C[n+]1cc(-c2ccc(F)cc2)ccc1C(C)(F)C(O)(Cn1ncnn1)c1ccc(F)cc1F. The van der Waals surface area contributed by atoms with Crippen LogP contribution in [0.3, 0.4) is 0 Å². The van der Waals surface area contributed by atoms with Gasteiger partial charge in [-0.25, -0.2) is 22.1 Å². The number of pyridine rings is 1. The summed E-state index contributed by atoms with van der Waals surface area (Å²) in [6.07, 6.45) is 2.70. The summed E-state index contributed by atoms with van der Waals surface area (Å²) in [5, 5.41) is 22.6. The molecule has 2 aromatic heterocycles. The van der Waals surface area contributed by atoms with Crippen molar-refractivity contribution < 1.29 is 27.2 Å². The number of halogens is 4. The Morgan fingerprint density at radius 2 is 1.64 bits per heavy atom. The lowest BCUT2D eigenvalue weighted by Crippen LogP contribution is -2.54. The molecule has 0 fully saturated rings. The van der Waals surface area contributed by atoms with Crippen molar-refractivity contribution in [3.63, 3.8) is 0 Å². The van der Waals surface area contributed by atoms with Crippen LogP contribution in [0.5, 0.6) is 0 Å². The van der Waals surface area contributed by atoms with Crippen molar-refractivity contribution in [2.75, 3.05) is 0 Å². The normalized spacial score (nSPS) is 15.1. The standard InChI is InChI=1S/C23H20F4N5O/c1-22(27,21-10-5-16(12-31(21)2)15-3-6-17(24)7-4-15)23(33,13-32-29-14-28-30-32)19-9-8-18(25)11-20(19)26/h3-12,14,33H,13H2,1-2H3/q+1. The summed E-state index contributed by atoms with van der Waals surface area (Å²) in [6, 6.07) is 11.3. The van der Waals surface area contributed by atoms with Gasteiger partial charge in [0.2, 0.25) is 11.4 Å². The number of aromatic nitrogens is 5. The summed E-state index contributed by atoms with van der Waals surface area (Å²) in [5.74, 6) is -2.37. The van der Waals surface area contributed by atoms with Gasteiger partial charge in [-0.2, -0.15) is 4.80 Å². The first-order chi connectivity index (χ1) is 15.6. The minimum atomic E-state index is -2.60. The number of aliphatic hydroxyl groups is 1. The van der Waals surface area contributed by atoms with Crippen molar-refractivity contribution in [1.82, 2.24) is 20.2 Å². The van der Waals surface area contributed by atoms with E-state index < -0.39 is 35.0 Å². The summed E-state index contributed by atoms with van der Waals surface area (Å²) in [4.78, 5) is 0.924. The lowest BCUT2D eigenvalue weighted by Gasteiger charge is -2.37. The molecule has 2 aromatic carbocycles. The molecule has 4 aromatic rings. The van der Waals surface area contributed by atoms with Gasteiger partial charge in [-0.1, -0.05) is 18.2 Å². The second-order valence-corrected chi connectivity index (χ2v) is 7.87. The van der Waals surface area contributed by atoms with Crippen LogP contribution in [0.15, 0.2) is 67.1 Å². The van der Waals surface area contributed by atoms with E-state index in [1.54, 1.807) is 31.4 Å². The Kier molecular flexibility index (Phi) is 5.71. The van der Waals surface area contributed by atoms with Crippen LogP contribution in [0.25, 0.3) is 11.1 Å². The zero-order valence-electron chi connectivity index (χ0n) is 17.8. The molecule has 1 N–H and O–H groups in total. The molecule has 0 aliphatic heterocycles. The summed E-state index contributed by atoms with van der Waals surface area (Å²) < 4.78 is 59.6. The fourth-order valence-corrected chi connectivity index (χ4v) is 3.90. The molecule has 0 aliphatic carbocycles. The molecule has 0 saturated carbocycles. The van der Waals surface area contributed by atoms with Crippen molar-refractivity contribution in [2.24, 2.45) is 7.05 Å². The maximum absolute atomic E-state index is 16.6. The summed E-state index contributed by atoms with van der Waals surface area (Å²) in [6.45, 7) is 0.502. The van der Waals surface area contributed by atoms with E-state index in [1.165, 1.54) is 22.8 Å². The molecular weight excluding hydrogens is 438 g/mol. The highest BCUT2D eigenvalue weighted by molar-refractivity contribution is 5.61. The topological polar surface area (TPSA) is 67.7 Å². The van der Waals surface area contributed by atoms with E-state index in [2.05, 4.69) is 15.4 Å². The first-order valence-corrected chi connectivity index (χ1v) is 9.95. The largest absolute Gasteiger partial charge is 0.379 e. The number of hydrogen-bond donors (Lipinski definition) is 1. The Balaban J connectivity index is 1.83. The first kappa shape index (κ1) is 22.5. The summed E-state index contributed by atoms with van der Waals surface area (Å²) >= 11 is 0. The second kappa shape index (κ2) is 8.36. The predicted molar refractivity (Wildman–Crippen MR) is 110 cm³/mol. The third-order valence-electron chi connectivity index (χ3n) is 5.71. The van der Waals surface area contributed by atoms with E-state index in [1.807, 2.05) is 0 Å². The molecule has 10 heteroatoms.